The average Bonchev–Trinajstić information content (AvgIpc) is 3.49. The monoisotopic (exact) mass is 1330 g/mol. The van der Waals surface area contributed by atoms with Crippen LogP contribution >= 0.6 is 7.82 Å². The molecule has 0 aromatic rings. The van der Waals surface area contributed by atoms with Crippen molar-refractivity contribution in [1.29, 1.82) is 0 Å². The number of phosphoric acid groups is 1. The standard InChI is InChI=1S/C83H158NO8P/c1-3-5-7-9-11-13-15-17-19-21-23-25-27-29-31-33-35-36-37-38-39-40-41-42-43-44-46-48-50-52-54-56-58-60-62-64-66-68-70-72-74-76-83(86)92-81(80-91-93(87,88)90-78-77-84)79-89-82(85)75-73-71-69-67-65-63-61-59-57-55-53-51-49-47-45-34-32-30-28-26-24-22-20-18-16-14-12-10-8-6-4-2/h15-18,21-24,81H,3-14,19-20,25-80,84H2,1-2H3,(H,87,88)/b17-15-,18-16-,23-21-,24-22-. The number of rotatable bonds is 79. The molecule has 0 aliphatic heterocycles. The normalized spacial score (nSPS) is 13.0. The Morgan fingerprint density at radius 1 is 0.323 bits per heavy atom. The molecule has 2 unspecified atom stereocenters. The first-order chi connectivity index (χ1) is 45.8. The Balaban J connectivity index is 3.73. The van der Waals surface area contributed by atoms with Crippen molar-refractivity contribution >= 4 is 19.8 Å². The highest BCUT2D eigenvalue weighted by Gasteiger charge is 2.26. The Hall–Kier alpha value is -2.03. The maximum Gasteiger partial charge on any atom is 0.472 e. The number of hydrogen-bond donors (Lipinski definition) is 2. The zero-order valence-corrected chi connectivity index (χ0v) is 62.9. The van der Waals surface area contributed by atoms with Gasteiger partial charge in [0, 0.05) is 19.4 Å². The first-order valence-corrected chi connectivity index (χ1v) is 42.6. The fraction of sp³-hybridized carbons (Fsp3) is 0.880. The van der Waals surface area contributed by atoms with Gasteiger partial charge in [-0.05, 0) is 77.0 Å². The molecule has 0 aromatic carbocycles. The van der Waals surface area contributed by atoms with Gasteiger partial charge >= 0.3 is 19.8 Å². The van der Waals surface area contributed by atoms with Crippen molar-refractivity contribution in [1.82, 2.24) is 0 Å². The average molecular weight is 1330 g/mol. The Morgan fingerprint density at radius 3 is 0.817 bits per heavy atom. The van der Waals surface area contributed by atoms with Crippen LogP contribution in [0.3, 0.4) is 0 Å². The van der Waals surface area contributed by atoms with Crippen LogP contribution < -0.4 is 5.73 Å². The topological polar surface area (TPSA) is 134 Å². The molecule has 0 spiro atoms. The van der Waals surface area contributed by atoms with Gasteiger partial charge in [-0.2, -0.15) is 0 Å². The molecule has 0 aromatic heterocycles. The molecule has 548 valence electrons. The predicted molar refractivity (Wildman–Crippen MR) is 404 cm³/mol. The minimum Gasteiger partial charge on any atom is -0.462 e. The summed E-state index contributed by atoms with van der Waals surface area (Å²) in [6.07, 6.45) is 103. The lowest BCUT2D eigenvalue weighted by Gasteiger charge is -2.19. The third-order valence-corrected chi connectivity index (χ3v) is 19.7. The Bertz CT molecular complexity index is 1670. The van der Waals surface area contributed by atoms with Crippen molar-refractivity contribution in [2.75, 3.05) is 26.4 Å². The van der Waals surface area contributed by atoms with E-state index in [4.69, 9.17) is 24.3 Å². The van der Waals surface area contributed by atoms with Crippen molar-refractivity contribution in [3.05, 3.63) is 48.6 Å². The van der Waals surface area contributed by atoms with Crippen molar-refractivity contribution < 1.29 is 37.6 Å². The van der Waals surface area contributed by atoms with E-state index >= 15 is 0 Å². The molecule has 0 fully saturated rings. The SMILES string of the molecule is CCCCCCC/C=C\C/C=C\CCCCCCCCCCCCCCCCCCCCCCCCCCCCCCCC(=O)OC(COC(=O)CCCCCCCCCCCCCCCCCCCCC/C=C\C/C=C\CCCCCCC)COP(=O)(O)OCCN. The molecule has 0 aliphatic carbocycles. The fourth-order valence-electron chi connectivity index (χ4n) is 12.6. The molecule has 10 heteroatoms. The van der Waals surface area contributed by atoms with Gasteiger partial charge in [-0.15, -0.1) is 0 Å². The molecule has 0 bridgehead atoms. The lowest BCUT2D eigenvalue weighted by Crippen LogP contribution is -2.29. The molecule has 0 rings (SSSR count). The molecule has 0 aliphatic rings. The van der Waals surface area contributed by atoms with E-state index in [1.807, 2.05) is 0 Å². The third-order valence-electron chi connectivity index (χ3n) is 18.7. The Kier molecular flexibility index (Phi) is 77.2. The van der Waals surface area contributed by atoms with Crippen molar-refractivity contribution in [2.24, 2.45) is 5.73 Å². The van der Waals surface area contributed by atoms with E-state index in [1.54, 1.807) is 0 Å². The lowest BCUT2D eigenvalue weighted by atomic mass is 10.0. The predicted octanol–water partition coefficient (Wildman–Crippen LogP) is 27.5. The van der Waals surface area contributed by atoms with Crippen LogP contribution in [0.1, 0.15) is 438 Å². The smallest absolute Gasteiger partial charge is 0.462 e. The summed E-state index contributed by atoms with van der Waals surface area (Å²) in [7, 11) is -4.39. The van der Waals surface area contributed by atoms with Crippen LogP contribution in [0.4, 0.5) is 0 Å². The summed E-state index contributed by atoms with van der Waals surface area (Å²) in [5, 5.41) is 0. The summed E-state index contributed by atoms with van der Waals surface area (Å²) in [5.74, 6) is -0.801. The number of unbranched alkanes of at least 4 members (excludes halogenated alkanes) is 58. The Morgan fingerprint density at radius 2 is 0.559 bits per heavy atom. The van der Waals surface area contributed by atoms with Crippen molar-refractivity contribution in [3.8, 4) is 0 Å². The minimum atomic E-state index is -4.39. The number of allylic oxidation sites excluding steroid dienone is 8. The lowest BCUT2D eigenvalue weighted by molar-refractivity contribution is -0.161. The number of carbonyl (C=O) groups excluding carboxylic acids is 2. The van der Waals surface area contributed by atoms with Gasteiger partial charge < -0.3 is 20.1 Å². The summed E-state index contributed by atoms with van der Waals surface area (Å²) in [6, 6.07) is 0. The van der Waals surface area contributed by atoms with Gasteiger partial charge in [-0.25, -0.2) is 4.57 Å². The van der Waals surface area contributed by atoms with Crippen LogP contribution in [0.25, 0.3) is 0 Å². The molecule has 0 heterocycles. The quantitative estimate of drug-likeness (QED) is 0.0264. The van der Waals surface area contributed by atoms with Crippen molar-refractivity contribution in [3.63, 3.8) is 0 Å². The molecule has 0 radical (unpaired) electrons. The molecular formula is C83H158NO8P. The second kappa shape index (κ2) is 79.0. The summed E-state index contributed by atoms with van der Waals surface area (Å²) >= 11 is 0. The molecule has 2 atom stereocenters. The van der Waals surface area contributed by atoms with Crippen LogP contribution in [0.2, 0.25) is 0 Å². The largest absolute Gasteiger partial charge is 0.472 e. The van der Waals surface area contributed by atoms with E-state index in [2.05, 4.69) is 62.5 Å². The van der Waals surface area contributed by atoms with Gasteiger partial charge in [-0.1, -0.05) is 396 Å². The molecule has 0 saturated heterocycles. The molecule has 93 heavy (non-hydrogen) atoms. The maximum atomic E-state index is 12.8. The zero-order valence-electron chi connectivity index (χ0n) is 62.0. The van der Waals surface area contributed by atoms with Gasteiger partial charge in [0.05, 0.1) is 13.2 Å². The Labute approximate surface area is 578 Å². The van der Waals surface area contributed by atoms with Crippen LogP contribution in [0, 0.1) is 0 Å². The zero-order chi connectivity index (χ0) is 67.2. The first kappa shape index (κ1) is 91.0. The third kappa shape index (κ3) is 78.8. The number of carbonyl (C=O) groups is 2. The number of ether oxygens (including phenoxy) is 2. The van der Waals surface area contributed by atoms with E-state index in [1.165, 1.54) is 360 Å². The first-order valence-electron chi connectivity index (χ1n) is 41.1. The summed E-state index contributed by atoms with van der Waals surface area (Å²) in [5.41, 5.74) is 5.42. The summed E-state index contributed by atoms with van der Waals surface area (Å²) in [6.45, 7) is 3.80. The summed E-state index contributed by atoms with van der Waals surface area (Å²) < 4.78 is 33.3. The molecule has 0 amide bonds. The molecular weight excluding hydrogens is 1170 g/mol. The van der Waals surface area contributed by atoms with Gasteiger partial charge in [0.25, 0.3) is 0 Å². The molecule has 0 saturated carbocycles. The highest BCUT2D eigenvalue weighted by atomic mass is 31.2. The highest BCUT2D eigenvalue weighted by Crippen LogP contribution is 2.43. The summed E-state index contributed by atoms with van der Waals surface area (Å²) in [4.78, 5) is 35.5. The van der Waals surface area contributed by atoms with E-state index in [0.29, 0.717) is 6.42 Å². The number of phosphoric ester groups is 1. The van der Waals surface area contributed by atoms with Crippen molar-refractivity contribution in [2.45, 2.75) is 444 Å². The van der Waals surface area contributed by atoms with E-state index < -0.39 is 26.5 Å². The fourth-order valence-corrected chi connectivity index (χ4v) is 13.4. The van der Waals surface area contributed by atoms with Gasteiger partial charge in [0.2, 0.25) is 0 Å². The van der Waals surface area contributed by atoms with Gasteiger partial charge in [0.15, 0.2) is 6.10 Å². The van der Waals surface area contributed by atoms with Crippen LogP contribution in [-0.4, -0.2) is 49.3 Å². The van der Waals surface area contributed by atoms with Crippen LogP contribution in [-0.2, 0) is 32.7 Å². The van der Waals surface area contributed by atoms with Gasteiger partial charge in [-0.3, -0.25) is 18.6 Å². The van der Waals surface area contributed by atoms with E-state index in [9.17, 15) is 19.0 Å². The highest BCUT2D eigenvalue weighted by molar-refractivity contribution is 7.47. The second-order valence-electron chi connectivity index (χ2n) is 28.0. The van der Waals surface area contributed by atoms with E-state index in [0.717, 1.165) is 44.9 Å². The minimum absolute atomic E-state index is 0.0562. The maximum absolute atomic E-state index is 12.8. The van der Waals surface area contributed by atoms with Crippen LogP contribution in [0.15, 0.2) is 48.6 Å². The van der Waals surface area contributed by atoms with Crippen LogP contribution in [0.5, 0.6) is 0 Å². The number of hydrogen-bond acceptors (Lipinski definition) is 8. The number of nitrogens with two attached hydrogens (primary N) is 1. The van der Waals surface area contributed by atoms with Gasteiger partial charge in [0.1, 0.15) is 6.61 Å². The second-order valence-corrected chi connectivity index (χ2v) is 29.4. The number of esters is 2. The molecule has 3 N–H and O–H groups in total. The molecule has 9 nitrogen and oxygen atoms in total. The van der Waals surface area contributed by atoms with E-state index in [-0.39, 0.29) is 38.6 Å².